The summed E-state index contributed by atoms with van der Waals surface area (Å²) in [5.41, 5.74) is 3.91. The molecule has 3 aromatic carbocycles. The van der Waals surface area contributed by atoms with E-state index in [9.17, 15) is 9.18 Å². The highest BCUT2D eigenvalue weighted by Gasteiger charge is 2.45. The Bertz CT molecular complexity index is 1190. The van der Waals surface area contributed by atoms with Crippen LogP contribution in [0.25, 0.3) is 11.1 Å². The topological polar surface area (TPSA) is 42.0 Å². The molecular formula is C31H35FN2O3. The average molecular weight is 503 g/mol. The van der Waals surface area contributed by atoms with Gasteiger partial charge in [-0.2, -0.15) is 0 Å². The van der Waals surface area contributed by atoms with Crippen LogP contribution in [0.4, 0.5) is 10.1 Å². The van der Waals surface area contributed by atoms with Gasteiger partial charge in [0, 0.05) is 25.2 Å². The summed E-state index contributed by atoms with van der Waals surface area (Å²) in [5, 5.41) is 0. The van der Waals surface area contributed by atoms with Crippen LogP contribution >= 0.6 is 0 Å². The average Bonchev–Trinajstić information content (AvgIpc) is 3.23. The Morgan fingerprint density at radius 2 is 1.51 bits per heavy atom. The van der Waals surface area contributed by atoms with E-state index in [2.05, 4.69) is 17.0 Å². The Kier molecular flexibility index (Phi) is 7.47. The Hall–Kier alpha value is -3.38. The first-order chi connectivity index (χ1) is 18.0. The van der Waals surface area contributed by atoms with Crippen molar-refractivity contribution in [3.8, 4) is 22.6 Å². The normalized spacial score (nSPS) is 17.4. The summed E-state index contributed by atoms with van der Waals surface area (Å²) >= 11 is 0. The first kappa shape index (κ1) is 25.3. The first-order valence-corrected chi connectivity index (χ1v) is 13.3. The summed E-state index contributed by atoms with van der Waals surface area (Å²) in [5.74, 6) is 1.47. The van der Waals surface area contributed by atoms with E-state index in [0.29, 0.717) is 19.6 Å². The van der Waals surface area contributed by atoms with Crippen molar-refractivity contribution in [1.82, 2.24) is 4.90 Å². The number of nitrogens with zero attached hydrogens (tertiary/aromatic N) is 2. The fourth-order valence-corrected chi connectivity index (χ4v) is 5.69. The molecule has 0 unspecified atom stereocenters. The van der Waals surface area contributed by atoms with E-state index in [1.165, 1.54) is 12.1 Å². The zero-order valence-corrected chi connectivity index (χ0v) is 21.7. The van der Waals surface area contributed by atoms with Gasteiger partial charge in [-0.25, -0.2) is 4.39 Å². The van der Waals surface area contributed by atoms with Crippen LogP contribution in [-0.4, -0.2) is 43.7 Å². The van der Waals surface area contributed by atoms with Gasteiger partial charge in [0.05, 0.1) is 18.8 Å². The molecule has 194 valence electrons. The largest absolute Gasteiger partial charge is 0.493 e. The summed E-state index contributed by atoms with van der Waals surface area (Å²) in [6.07, 6.45) is 2.64. The maximum atomic E-state index is 13.6. The quantitative estimate of drug-likeness (QED) is 0.362. The van der Waals surface area contributed by atoms with E-state index >= 15 is 0 Å². The van der Waals surface area contributed by atoms with Crippen LogP contribution in [0.3, 0.4) is 0 Å². The monoisotopic (exact) mass is 502 g/mol. The van der Waals surface area contributed by atoms with Gasteiger partial charge in [-0.15, -0.1) is 0 Å². The lowest BCUT2D eigenvalue weighted by molar-refractivity contribution is -0.118. The van der Waals surface area contributed by atoms with Crippen LogP contribution in [0.15, 0.2) is 66.7 Å². The van der Waals surface area contributed by atoms with Gasteiger partial charge in [-0.1, -0.05) is 30.3 Å². The Morgan fingerprint density at radius 3 is 2.11 bits per heavy atom. The van der Waals surface area contributed by atoms with Gasteiger partial charge >= 0.3 is 0 Å². The van der Waals surface area contributed by atoms with E-state index in [1.807, 2.05) is 49.1 Å². The van der Waals surface area contributed by atoms with Crippen molar-refractivity contribution in [2.45, 2.75) is 39.7 Å². The predicted octanol–water partition coefficient (Wildman–Crippen LogP) is 6.31. The number of hydrogen-bond acceptors (Lipinski definition) is 4. The molecule has 3 aromatic rings. The highest BCUT2D eigenvalue weighted by Crippen LogP contribution is 2.44. The van der Waals surface area contributed by atoms with Gasteiger partial charge in [0.25, 0.3) is 0 Å². The lowest BCUT2D eigenvalue weighted by atomic mass is 9.77. The smallest absolute Gasteiger partial charge is 0.227 e. The zero-order chi connectivity index (χ0) is 25.8. The number of ether oxygens (including phenoxy) is 2. The van der Waals surface area contributed by atoms with Crippen molar-refractivity contribution in [3.63, 3.8) is 0 Å². The SMILES string of the molecule is CCOc1cc(CN2CCC3(CC2)CC(=O)N(c2ccccc2)C3)cc(OCC)c1-c1ccc(F)cc1. The molecule has 5 nitrogen and oxygen atoms in total. The van der Waals surface area contributed by atoms with Crippen LogP contribution in [0.1, 0.15) is 38.7 Å². The second kappa shape index (κ2) is 10.9. The van der Waals surface area contributed by atoms with Crippen molar-refractivity contribution in [1.29, 1.82) is 0 Å². The third kappa shape index (κ3) is 5.49. The molecule has 0 atom stereocenters. The second-order valence-electron chi connectivity index (χ2n) is 10.1. The molecule has 2 fully saturated rings. The van der Waals surface area contributed by atoms with Gasteiger partial charge in [0.15, 0.2) is 0 Å². The van der Waals surface area contributed by atoms with Crippen molar-refractivity contribution < 1.29 is 18.7 Å². The number of amides is 1. The van der Waals surface area contributed by atoms with Crippen molar-refractivity contribution >= 4 is 11.6 Å². The number of rotatable bonds is 8. The molecule has 0 aromatic heterocycles. The fourth-order valence-electron chi connectivity index (χ4n) is 5.69. The van der Waals surface area contributed by atoms with Gasteiger partial charge in [0.2, 0.25) is 5.91 Å². The minimum absolute atomic E-state index is 0.0584. The summed E-state index contributed by atoms with van der Waals surface area (Å²) in [6, 6.07) is 20.6. The molecule has 5 rings (SSSR count). The molecule has 2 aliphatic rings. The summed E-state index contributed by atoms with van der Waals surface area (Å²) in [4.78, 5) is 17.3. The fraction of sp³-hybridized carbons (Fsp3) is 0.387. The Balaban J connectivity index is 1.31. The number of anilines is 1. The molecular weight excluding hydrogens is 467 g/mol. The lowest BCUT2D eigenvalue weighted by Crippen LogP contribution is -2.41. The maximum Gasteiger partial charge on any atom is 0.227 e. The lowest BCUT2D eigenvalue weighted by Gasteiger charge is -2.39. The highest BCUT2D eigenvalue weighted by atomic mass is 19.1. The van der Waals surface area contributed by atoms with Crippen molar-refractivity contribution in [3.05, 3.63) is 78.1 Å². The van der Waals surface area contributed by atoms with E-state index in [0.717, 1.165) is 72.9 Å². The molecule has 0 radical (unpaired) electrons. The number of para-hydroxylation sites is 1. The molecule has 6 heteroatoms. The Morgan fingerprint density at radius 1 is 0.892 bits per heavy atom. The highest BCUT2D eigenvalue weighted by molar-refractivity contribution is 5.96. The molecule has 0 saturated carbocycles. The number of carbonyl (C=O) groups excluding carboxylic acids is 1. The molecule has 2 saturated heterocycles. The zero-order valence-electron chi connectivity index (χ0n) is 21.7. The molecule has 1 amide bonds. The van der Waals surface area contributed by atoms with Crippen LogP contribution in [-0.2, 0) is 11.3 Å². The standard InChI is InChI=1S/C31H35FN2O3/c1-3-36-27-18-23(19-28(37-4-2)30(27)24-10-12-25(32)13-11-24)21-33-16-14-31(15-17-33)20-29(35)34(22-31)26-8-6-5-7-9-26/h5-13,18-19H,3-4,14-17,20-22H2,1-2H3. The molecule has 0 bridgehead atoms. The molecule has 0 aliphatic carbocycles. The molecule has 2 aliphatic heterocycles. The second-order valence-corrected chi connectivity index (χ2v) is 10.1. The predicted molar refractivity (Wildman–Crippen MR) is 145 cm³/mol. The number of hydrogen-bond donors (Lipinski definition) is 0. The van der Waals surface area contributed by atoms with Gasteiger partial charge in [0.1, 0.15) is 17.3 Å². The third-order valence-corrected chi connectivity index (χ3v) is 7.57. The number of halogens is 1. The van der Waals surface area contributed by atoms with Crippen molar-refractivity contribution in [2.75, 3.05) is 37.7 Å². The van der Waals surface area contributed by atoms with Gasteiger partial charge in [-0.3, -0.25) is 9.69 Å². The first-order valence-electron chi connectivity index (χ1n) is 13.3. The summed E-state index contributed by atoms with van der Waals surface area (Å²) < 4.78 is 25.7. The van der Waals surface area contributed by atoms with Crippen LogP contribution in [0.5, 0.6) is 11.5 Å². The number of piperidine rings is 1. The maximum absolute atomic E-state index is 13.6. The minimum atomic E-state index is -0.269. The van der Waals surface area contributed by atoms with Gasteiger partial charge in [-0.05, 0) is 92.7 Å². The number of carbonyl (C=O) groups is 1. The summed E-state index contributed by atoms with van der Waals surface area (Å²) in [7, 11) is 0. The number of likely N-dealkylation sites (tertiary alicyclic amines) is 1. The minimum Gasteiger partial charge on any atom is -0.493 e. The van der Waals surface area contributed by atoms with Crippen LogP contribution < -0.4 is 14.4 Å². The van der Waals surface area contributed by atoms with Crippen LogP contribution in [0, 0.1) is 11.2 Å². The van der Waals surface area contributed by atoms with Gasteiger partial charge < -0.3 is 14.4 Å². The third-order valence-electron chi connectivity index (χ3n) is 7.57. The summed E-state index contributed by atoms with van der Waals surface area (Å²) in [6.45, 7) is 8.48. The molecule has 0 N–H and O–H groups in total. The number of benzene rings is 3. The molecule has 1 spiro atoms. The van der Waals surface area contributed by atoms with E-state index in [-0.39, 0.29) is 17.1 Å². The molecule has 2 heterocycles. The Labute approximate surface area is 218 Å². The van der Waals surface area contributed by atoms with Crippen LogP contribution in [0.2, 0.25) is 0 Å². The molecule has 37 heavy (non-hydrogen) atoms. The van der Waals surface area contributed by atoms with E-state index in [1.54, 1.807) is 12.1 Å². The van der Waals surface area contributed by atoms with E-state index < -0.39 is 0 Å². The van der Waals surface area contributed by atoms with Crippen molar-refractivity contribution in [2.24, 2.45) is 5.41 Å². The van der Waals surface area contributed by atoms with E-state index in [4.69, 9.17) is 9.47 Å².